The van der Waals surface area contributed by atoms with Gasteiger partial charge in [0.25, 0.3) is 0 Å². The second-order valence-corrected chi connectivity index (χ2v) is 11.4. The predicted octanol–water partition coefficient (Wildman–Crippen LogP) is 2.07. The van der Waals surface area contributed by atoms with E-state index in [0.717, 1.165) is 5.57 Å². The number of alkyl halides is 1. The Labute approximate surface area is 243 Å². The zero-order valence-corrected chi connectivity index (χ0v) is 24.8. The summed E-state index contributed by atoms with van der Waals surface area (Å²) in [5.41, 5.74) is -2.32. The first-order chi connectivity index (χ1) is 19.1. The third-order valence-corrected chi connectivity index (χ3v) is 7.89. The minimum atomic E-state index is -1.90. The van der Waals surface area contributed by atoms with Gasteiger partial charge in [0.15, 0.2) is 12.2 Å². The van der Waals surface area contributed by atoms with E-state index in [4.69, 9.17) is 40.0 Å². The van der Waals surface area contributed by atoms with Crippen LogP contribution in [0.5, 0.6) is 0 Å². The van der Waals surface area contributed by atoms with Crippen molar-refractivity contribution in [1.29, 1.82) is 0 Å². The van der Waals surface area contributed by atoms with Crippen molar-refractivity contribution < 1.29 is 57.8 Å². The lowest BCUT2D eigenvalue weighted by Crippen LogP contribution is -2.56. The van der Waals surface area contributed by atoms with Crippen LogP contribution in [-0.2, 0) is 47.6 Å². The van der Waals surface area contributed by atoms with Crippen LogP contribution in [0, 0.1) is 11.8 Å². The van der Waals surface area contributed by atoms with Crippen LogP contribution in [0.15, 0.2) is 23.5 Å². The summed E-state index contributed by atoms with van der Waals surface area (Å²) in [7, 11) is 0. The van der Waals surface area contributed by atoms with E-state index in [9.17, 15) is 29.4 Å². The Morgan fingerprint density at radius 1 is 1.02 bits per heavy atom. The number of carbonyl (C=O) groups excluding carboxylic acids is 4. The molecule has 2 heterocycles. The van der Waals surface area contributed by atoms with Crippen LogP contribution < -0.4 is 0 Å². The third-order valence-electron chi connectivity index (χ3n) is 7.43. The highest BCUT2D eigenvalue weighted by molar-refractivity contribution is 6.18. The molecule has 3 aliphatic rings. The number of allylic oxidation sites excluding steroid dienone is 1. The van der Waals surface area contributed by atoms with Crippen molar-refractivity contribution in [3.8, 4) is 0 Å². The molecular formula is C28H39ClO12. The Bertz CT molecular complexity index is 1080. The molecule has 41 heavy (non-hydrogen) atoms. The molecule has 1 saturated carbocycles. The fraction of sp³-hybridized carbons (Fsp3) is 0.714. The number of fused-ring (bicyclic) bond motifs is 2. The molecule has 0 spiro atoms. The number of rotatable bonds is 9. The maximum Gasteiger partial charge on any atom is 0.305 e. The van der Waals surface area contributed by atoms with Gasteiger partial charge in [-0.2, -0.15) is 0 Å². The number of hydrogen-bond donors (Lipinski definition) is 2. The number of hydrogen-bond acceptors (Lipinski definition) is 12. The molecule has 3 rings (SSSR count). The molecule has 0 aromatic heterocycles. The largest absolute Gasteiger partial charge is 0.463 e. The first-order valence-electron chi connectivity index (χ1n) is 13.4. The van der Waals surface area contributed by atoms with Crippen molar-refractivity contribution in [2.45, 2.75) is 103 Å². The average Bonchev–Trinajstić information content (AvgIpc) is 3.62. The van der Waals surface area contributed by atoms with E-state index in [1.165, 1.54) is 34.0 Å². The molecule has 1 aliphatic carbocycles. The molecule has 0 bridgehead atoms. The van der Waals surface area contributed by atoms with E-state index < -0.39 is 84.2 Å². The summed E-state index contributed by atoms with van der Waals surface area (Å²) in [4.78, 5) is 48.3. The van der Waals surface area contributed by atoms with Gasteiger partial charge in [-0.1, -0.05) is 5.57 Å². The van der Waals surface area contributed by atoms with Crippen molar-refractivity contribution in [3.05, 3.63) is 23.5 Å². The first kappa shape index (κ1) is 32.8. The maximum atomic E-state index is 12.3. The van der Waals surface area contributed by atoms with Gasteiger partial charge < -0.3 is 38.6 Å². The van der Waals surface area contributed by atoms with Gasteiger partial charge in [0.05, 0.1) is 24.2 Å². The summed E-state index contributed by atoms with van der Waals surface area (Å²) < 4.78 is 33.6. The average molecular weight is 603 g/mol. The quantitative estimate of drug-likeness (QED) is 0.130. The monoisotopic (exact) mass is 602 g/mol. The van der Waals surface area contributed by atoms with Crippen molar-refractivity contribution in [2.75, 3.05) is 12.5 Å². The Morgan fingerprint density at radius 3 is 2.22 bits per heavy atom. The number of halogens is 1. The van der Waals surface area contributed by atoms with E-state index in [1.54, 1.807) is 19.9 Å². The van der Waals surface area contributed by atoms with Gasteiger partial charge in [-0.15, -0.1) is 11.6 Å². The van der Waals surface area contributed by atoms with Crippen LogP contribution in [0.25, 0.3) is 0 Å². The first-order valence-corrected chi connectivity index (χ1v) is 14.0. The van der Waals surface area contributed by atoms with Crippen LogP contribution in [0.2, 0.25) is 0 Å². The second-order valence-electron chi connectivity index (χ2n) is 11.2. The minimum absolute atomic E-state index is 0.0836. The third kappa shape index (κ3) is 8.00. The van der Waals surface area contributed by atoms with Gasteiger partial charge in [0.2, 0.25) is 6.29 Å². The lowest BCUT2D eigenvalue weighted by molar-refractivity contribution is -0.226. The van der Waals surface area contributed by atoms with Crippen molar-refractivity contribution in [1.82, 2.24) is 0 Å². The predicted molar refractivity (Wildman–Crippen MR) is 142 cm³/mol. The van der Waals surface area contributed by atoms with E-state index >= 15 is 0 Å². The Kier molecular flexibility index (Phi) is 10.5. The molecule has 0 amide bonds. The topological polar surface area (TPSA) is 167 Å². The van der Waals surface area contributed by atoms with Crippen LogP contribution in [0.3, 0.4) is 0 Å². The molecule has 12 nitrogen and oxygen atoms in total. The van der Waals surface area contributed by atoms with Gasteiger partial charge in [0.1, 0.15) is 23.9 Å². The Morgan fingerprint density at radius 2 is 1.68 bits per heavy atom. The summed E-state index contributed by atoms with van der Waals surface area (Å²) in [5, 5.41) is 23.6. The molecule has 9 unspecified atom stereocenters. The van der Waals surface area contributed by atoms with E-state index in [-0.39, 0.29) is 25.1 Å². The second kappa shape index (κ2) is 13.1. The molecular weight excluding hydrogens is 564 g/mol. The molecule has 2 fully saturated rings. The highest BCUT2D eigenvalue weighted by atomic mass is 35.5. The van der Waals surface area contributed by atoms with Gasteiger partial charge in [-0.25, -0.2) is 0 Å². The van der Waals surface area contributed by atoms with Gasteiger partial charge >= 0.3 is 23.9 Å². The summed E-state index contributed by atoms with van der Waals surface area (Å²) >= 11 is 6.20. The SMILES string of the molecule is CC(=O)OCC1(O)CC2OC2C(O)(CCl)CCC2C(C(OC(C)=O)C(C=C(C)C)OC(C)=O)=COC(OC(C)=O)C21. The molecule has 1 saturated heterocycles. The number of ether oxygens (including phenoxy) is 6. The molecule has 2 aliphatic heterocycles. The summed E-state index contributed by atoms with van der Waals surface area (Å²) in [6, 6.07) is 0. The molecule has 13 heteroatoms. The smallest absolute Gasteiger partial charge is 0.305 e. The fourth-order valence-electron chi connectivity index (χ4n) is 5.77. The van der Waals surface area contributed by atoms with Crippen LogP contribution in [0.4, 0.5) is 0 Å². The Balaban J connectivity index is 2.22. The molecule has 0 aromatic carbocycles. The zero-order chi connectivity index (χ0) is 30.7. The van der Waals surface area contributed by atoms with Crippen molar-refractivity contribution in [3.63, 3.8) is 0 Å². The van der Waals surface area contributed by atoms with Crippen LogP contribution in [0.1, 0.15) is 60.8 Å². The molecule has 0 aromatic rings. The van der Waals surface area contributed by atoms with E-state index in [2.05, 4.69) is 0 Å². The standard InChI is InChI=1S/C28H39ClO12/c1-14(2)9-21(38-16(4)31)24(39-17(5)32)20-11-36-26(40-18(6)33)23-19(20)7-8-27(34,12-29)25-22(41-25)10-28(23,35)13-37-15(3)30/h9,11,19,21-26,34-35H,7-8,10,12-13H2,1-6H3. The molecule has 9 atom stereocenters. The number of aliphatic hydroxyl groups is 2. The maximum absolute atomic E-state index is 12.3. The van der Waals surface area contributed by atoms with Crippen LogP contribution in [-0.4, -0.2) is 88.5 Å². The lowest BCUT2D eigenvalue weighted by atomic mass is 9.68. The summed E-state index contributed by atoms with van der Waals surface area (Å²) in [6.45, 7) is 7.81. The highest BCUT2D eigenvalue weighted by Crippen LogP contribution is 2.51. The number of carbonyl (C=O) groups is 4. The molecule has 230 valence electrons. The van der Waals surface area contributed by atoms with Gasteiger partial charge in [-0.3, -0.25) is 19.2 Å². The summed E-state index contributed by atoms with van der Waals surface area (Å²) in [6.07, 6.45) is -2.04. The number of esters is 4. The molecule has 2 N–H and O–H groups in total. The Hall–Kier alpha value is -2.67. The summed E-state index contributed by atoms with van der Waals surface area (Å²) in [5.74, 6) is -4.75. The lowest BCUT2D eigenvalue weighted by Gasteiger charge is -2.47. The normalized spacial score (nSPS) is 33.8. The van der Waals surface area contributed by atoms with Gasteiger partial charge in [0, 0.05) is 39.7 Å². The minimum Gasteiger partial charge on any atom is -0.463 e. The van der Waals surface area contributed by atoms with Gasteiger partial charge in [-0.05, 0) is 38.7 Å². The molecule has 0 radical (unpaired) electrons. The van der Waals surface area contributed by atoms with E-state index in [0.29, 0.717) is 5.57 Å². The highest BCUT2D eigenvalue weighted by Gasteiger charge is 2.62. The van der Waals surface area contributed by atoms with E-state index in [1.807, 2.05) is 0 Å². The van der Waals surface area contributed by atoms with Crippen molar-refractivity contribution in [2.24, 2.45) is 11.8 Å². The number of epoxide rings is 1. The van der Waals surface area contributed by atoms with Crippen LogP contribution >= 0.6 is 11.6 Å². The fourth-order valence-corrected chi connectivity index (χ4v) is 6.05. The van der Waals surface area contributed by atoms with Crippen molar-refractivity contribution >= 4 is 35.5 Å². The zero-order valence-electron chi connectivity index (χ0n) is 24.1.